The van der Waals surface area contributed by atoms with Crippen LogP contribution >= 0.6 is 11.6 Å². The smallest absolute Gasteiger partial charge is 0.386 e. The van der Waals surface area contributed by atoms with Crippen molar-refractivity contribution < 1.29 is 22.8 Å². The summed E-state index contributed by atoms with van der Waals surface area (Å²) in [4.78, 5) is 51.9. The molecule has 3 aliphatic heterocycles. The Morgan fingerprint density at radius 1 is 0.981 bits per heavy atom. The standard InChI is InChI=1S/C37H44ClF3N8O3/c1-42-33-27(37(39,40)41)18-22(19-28(33)38)20-30(34(50)47-14-8-24(9-15-47)23-6-12-43-13-7-23)45-35(51)48-16-10-25(11-17-48)49-31-21-44-29-5-3-2-4-26(29)32(31)46-36(49)52/h2-5,18-19,21,23-25,30,42-43H,6-17,20H2,1H3,(H,45,51)(H,46,52)/t30-/m1/s1. The number of nitrogens with zero attached hydrogens (tertiary/aromatic N) is 4. The van der Waals surface area contributed by atoms with Crippen molar-refractivity contribution in [2.45, 2.75) is 63.2 Å². The van der Waals surface area contributed by atoms with Crippen molar-refractivity contribution in [1.29, 1.82) is 0 Å². The summed E-state index contributed by atoms with van der Waals surface area (Å²) in [5.74, 6) is 0.808. The Morgan fingerprint density at radius 2 is 1.65 bits per heavy atom. The molecule has 52 heavy (non-hydrogen) atoms. The number of halogens is 4. The number of imidazole rings is 1. The number of pyridine rings is 1. The third-order valence-corrected chi connectivity index (χ3v) is 11.5. The van der Waals surface area contributed by atoms with E-state index in [4.69, 9.17) is 11.6 Å². The van der Waals surface area contributed by atoms with Gasteiger partial charge in [0, 0.05) is 51.1 Å². The summed E-state index contributed by atoms with van der Waals surface area (Å²) in [5, 5.41) is 9.55. The van der Waals surface area contributed by atoms with Crippen molar-refractivity contribution in [2.24, 2.45) is 11.8 Å². The number of aromatic amines is 1. The quantitative estimate of drug-likeness (QED) is 0.190. The molecule has 0 aliphatic carbocycles. The molecule has 3 amide bonds. The molecular formula is C37H44ClF3N8O3. The van der Waals surface area contributed by atoms with Crippen molar-refractivity contribution in [3.8, 4) is 0 Å². The number of nitrogens with one attached hydrogen (secondary N) is 4. The molecule has 0 radical (unpaired) electrons. The van der Waals surface area contributed by atoms with Crippen LogP contribution in [-0.2, 0) is 17.4 Å². The Balaban J connectivity index is 1.07. The lowest BCUT2D eigenvalue weighted by Crippen LogP contribution is -2.55. The molecule has 7 rings (SSSR count). The van der Waals surface area contributed by atoms with Crippen LogP contribution in [-0.4, -0.2) is 88.6 Å². The van der Waals surface area contributed by atoms with E-state index < -0.39 is 23.8 Å². The first-order chi connectivity index (χ1) is 25.0. The monoisotopic (exact) mass is 740 g/mol. The van der Waals surface area contributed by atoms with Gasteiger partial charge in [-0.25, -0.2) is 9.59 Å². The molecule has 1 atom stereocenters. The van der Waals surface area contributed by atoms with Gasteiger partial charge in [-0.1, -0.05) is 29.8 Å². The van der Waals surface area contributed by atoms with Gasteiger partial charge in [-0.15, -0.1) is 0 Å². The van der Waals surface area contributed by atoms with Gasteiger partial charge in [0.2, 0.25) is 5.91 Å². The van der Waals surface area contributed by atoms with E-state index in [9.17, 15) is 27.6 Å². The average Bonchev–Trinajstić information content (AvgIpc) is 3.50. The van der Waals surface area contributed by atoms with Gasteiger partial charge in [0.05, 0.1) is 39.0 Å². The summed E-state index contributed by atoms with van der Waals surface area (Å²) in [5.41, 5.74) is 0.960. The lowest BCUT2D eigenvalue weighted by atomic mass is 9.79. The summed E-state index contributed by atoms with van der Waals surface area (Å²) in [7, 11) is 1.37. The van der Waals surface area contributed by atoms with Crippen molar-refractivity contribution in [2.75, 3.05) is 51.6 Å². The molecular weight excluding hydrogens is 697 g/mol. The Morgan fingerprint density at radius 3 is 2.35 bits per heavy atom. The fraction of sp³-hybridized carbons (Fsp3) is 0.514. The molecule has 0 bridgehead atoms. The number of benzene rings is 2. The third-order valence-electron chi connectivity index (χ3n) is 11.2. The van der Waals surface area contributed by atoms with Crippen LogP contribution in [0.1, 0.15) is 55.7 Å². The number of hydrogen-bond donors (Lipinski definition) is 4. The van der Waals surface area contributed by atoms with E-state index in [0.29, 0.717) is 61.9 Å². The molecule has 15 heteroatoms. The average molecular weight is 741 g/mol. The summed E-state index contributed by atoms with van der Waals surface area (Å²) >= 11 is 6.31. The van der Waals surface area contributed by atoms with E-state index in [-0.39, 0.29) is 40.3 Å². The molecule has 3 saturated heterocycles. The predicted octanol–water partition coefficient (Wildman–Crippen LogP) is 5.79. The second kappa shape index (κ2) is 15.0. The number of para-hydroxylation sites is 1. The minimum Gasteiger partial charge on any atom is -0.386 e. The molecule has 278 valence electrons. The molecule has 11 nitrogen and oxygen atoms in total. The number of anilines is 1. The van der Waals surface area contributed by atoms with Crippen LogP contribution in [0.15, 0.2) is 47.4 Å². The molecule has 2 aromatic heterocycles. The predicted molar refractivity (Wildman–Crippen MR) is 195 cm³/mol. The number of piperidine rings is 3. The van der Waals surface area contributed by atoms with Gasteiger partial charge in [-0.05, 0) is 87.2 Å². The highest BCUT2D eigenvalue weighted by molar-refractivity contribution is 6.33. The fourth-order valence-electron chi connectivity index (χ4n) is 8.47. The number of H-pyrrole nitrogens is 1. The van der Waals surface area contributed by atoms with Crippen molar-refractivity contribution in [1.82, 2.24) is 35.0 Å². The molecule has 2 aromatic carbocycles. The lowest BCUT2D eigenvalue weighted by molar-refractivity contribution is -0.137. The van der Waals surface area contributed by atoms with Crippen LogP contribution in [0.4, 0.5) is 23.7 Å². The van der Waals surface area contributed by atoms with Gasteiger partial charge >= 0.3 is 17.9 Å². The van der Waals surface area contributed by atoms with E-state index in [1.165, 1.54) is 13.1 Å². The third kappa shape index (κ3) is 7.32. The zero-order valence-electron chi connectivity index (χ0n) is 29.1. The van der Waals surface area contributed by atoms with Crippen molar-refractivity contribution in [3.05, 3.63) is 69.2 Å². The number of alkyl halides is 3. The topological polar surface area (TPSA) is 127 Å². The van der Waals surface area contributed by atoms with Gasteiger partial charge in [0.15, 0.2) is 0 Å². The molecule has 3 fully saturated rings. The summed E-state index contributed by atoms with van der Waals surface area (Å²) < 4.78 is 43.9. The second-order valence-corrected chi connectivity index (χ2v) is 14.7. The maximum absolute atomic E-state index is 14.1. The fourth-order valence-corrected chi connectivity index (χ4v) is 8.81. The van der Waals surface area contributed by atoms with Gasteiger partial charge in [0.1, 0.15) is 6.04 Å². The molecule has 0 saturated carbocycles. The van der Waals surface area contributed by atoms with E-state index in [2.05, 4.69) is 25.9 Å². The van der Waals surface area contributed by atoms with Gasteiger partial charge in [-0.3, -0.25) is 14.3 Å². The Kier molecular flexibility index (Phi) is 10.4. The number of fused-ring (bicyclic) bond motifs is 3. The number of carbonyl (C=O) groups excluding carboxylic acids is 2. The van der Waals surface area contributed by atoms with Crippen molar-refractivity contribution in [3.63, 3.8) is 0 Å². The zero-order valence-corrected chi connectivity index (χ0v) is 29.8. The first kappa shape index (κ1) is 36.1. The molecule has 5 heterocycles. The van der Waals surface area contributed by atoms with Crippen LogP contribution in [0.3, 0.4) is 0 Å². The minimum atomic E-state index is -4.68. The number of carbonyl (C=O) groups is 2. The minimum absolute atomic E-state index is 0.120. The summed E-state index contributed by atoms with van der Waals surface area (Å²) in [6.07, 6.45) is 1.76. The van der Waals surface area contributed by atoms with E-state index in [1.807, 2.05) is 24.3 Å². The van der Waals surface area contributed by atoms with Crippen LogP contribution in [0.5, 0.6) is 0 Å². The summed E-state index contributed by atoms with van der Waals surface area (Å²) in [6, 6.07) is 8.24. The van der Waals surface area contributed by atoms with Crippen LogP contribution in [0, 0.1) is 11.8 Å². The van der Waals surface area contributed by atoms with E-state index in [0.717, 1.165) is 55.7 Å². The lowest BCUT2D eigenvalue weighted by Gasteiger charge is -2.39. The normalized spacial score (nSPS) is 18.9. The van der Waals surface area contributed by atoms with Crippen LogP contribution in [0.25, 0.3) is 21.9 Å². The number of likely N-dealkylation sites (tertiary alicyclic amines) is 2. The second-order valence-electron chi connectivity index (χ2n) is 14.3. The Hall–Kier alpha value is -4.30. The van der Waals surface area contributed by atoms with Gasteiger partial charge in [-0.2, -0.15) is 13.2 Å². The molecule has 4 N–H and O–H groups in total. The highest BCUT2D eigenvalue weighted by Crippen LogP contribution is 2.40. The van der Waals surface area contributed by atoms with Gasteiger partial charge < -0.3 is 30.7 Å². The summed E-state index contributed by atoms with van der Waals surface area (Å²) in [6.45, 7) is 3.69. The number of rotatable bonds is 7. The Labute approximate surface area is 304 Å². The first-order valence-electron chi connectivity index (χ1n) is 18.1. The largest absolute Gasteiger partial charge is 0.418 e. The zero-order chi connectivity index (χ0) is 36.6. The maximum atomic E-state index is 14.1. The number of hydrogen-bond acceptors (Lipinski definition) is 6. The van der Waals surface area contributed by atoms with E-state index >= 15 is 0 Å². The maximum Gasteiger partial charge on any atom is 0.418 e. The highest BCUT2D eigenvalue weighted by atomic mass is 35.5. The first-order valence-corrected chi connectivity index (χ1v) is 18.5. The number of amides is 3. The number of aromatic nitrogens is 3. The molecule has 4 aromatic rings. The molecule has 0 spiro atoms. The van der Waals surface area contributed by atoms with Crippen LogP contribution < -0.4 is 21.6 Å². The van der Waals surface area contributed by atoms with Crippen molar-refractivity contribution >= 4 is 51.2 Å². The molecule has 3 aliphatic rings. The van der Waals surface area contributed by atoms with E-state index in [1.54, 1.807) is 20.6 Å². The SMILES string of the molecule is CNc1c(Cl)cc(C[C@@H](NC(=O)N2CCC(n3c(=O)[nH]c4c5ccccc5ncc43)CC2)C(=O)N2CCC(C3CCNCC3)CC2)cc1C(F)(F)F. The van der Waals surface area contributed by atoms with Gasteiger partial charge in [0.25, 0.3) is 0 Å². The Bertz CT molecular complexity index is 1990. The number of urea groups is 1. The highest BCUT2D eigenvalue weighted by Gasteiger charge is 2.37. The molecule has 0 unspecified atom stereocenters. The van der Waals surface area contributed by atoms with Crippen LogP contribution in [0.2, 0.25) is 5.02 Å².